The molecular weight excluding hydrogens is 460 g/mol. The summed E-state index contributed by atoms with van der Waals surface area (Å²) in [7, 11) is 0. The minimum atomic E-state index is -3.35. The summed E-state index contributed by atoms with van der Waals surface area (Å²) in [5, 5.41) is 27.2. The van der Waals surface area contributed by atoms with Crippen LogP contribution in [0.2, 0.25) is 0 Å². The fraction of sp³-hybridized carbons (Fsp3) is 0.217. The molecule has 0 saturated heterocycles. The highest BCUT2D eigenvalue weighted by Crippen LogP contribution is 2.29. The first-order valence-electron chi connectivity index (χ1n) is 10.5. The highest BCUT2D eigenvalue weighted by Gasteiger charge is 2.35. The lowest BCUT2D eigenvalue weighted by atomic mass is 10.1. The fourth-order valence-corrected chi connectivity index (χ4v) is 3.49. The van der Waals surface area contributed by atoms with E-state index in [4.69, 9.17) is 10.6 Å². The number of amides is 1. The molecular formula is C23H21F2N7O3. The number of benzene rings is 1. The van der Waals surface area contributed by atoms with Gasteiger partial charge in [0.2, 0.25) is 5.91 Å². The number of anilines is 1. The van der Waals surface area contributed by atoms with Gasteiger partial charge in [-0.1, -0.05) is 18.2 Å². The Balaban J connectivity index is 1.43. The molecule has 10 nitrogen and oxygen atoms in total. The van der Waals surface area contributed by atoms with E-state index in [1.54, 1.807) is 18.2 Å². The molecule has 0 fully saturated rings. The van der Waals surface area contributed by atoms with Crippen LogP contribution in [0.1, 0.15) is 34.2 Å². The summed E-state index contributed by atoms with van der Waals surface area (Å²) in [4.78, 5) is 21.4. The molecule has 35 heavy (non-hydrogen) atoms. The van der Waals surface area contributed by atoms with Crippen LogP contribution in [-0.4, -0.2) is 17.4 Å². The van der Waals surface area contributed by atoms with Crippen molar-refractivity contribution in [2.75, 3.05) is 11.9 Å². The molecule has 2 aromatic heterocycles. The van der Waals surface area contributed by atoms with Gasteiger partial charge in [-0.3, -0.25) is 15.1 Å². The Bertz CT molecular complexity index is 1280. The number of aromatic nitrogens is 2. The fourth-order valence-electron chi connectivity index (χ4n) is 3.49. The Morgan fingerprint density at radius 2 is 2.14 bits per heavy atom. The number of nitrogens with zero attached hydrogens (tertiary/aromatic N) is 3. The van der Waals surface area contributed by atoms with E-state index in [1.807, 2.05) is 6.07 Å². The van der Waals surface area contributed by atoms with Crippen LogP contribution in [0.25, 0.3) is 0 Å². The van der Waals surface area contributed by atoms with E-state index in [9.17, 15) is 24.0 Å². The maximum absolute atomic E-state index is 14.4. The number of hydrogen-bond donors (Lipinski definition) is 4. The van der Waals surface area contributed by atoms with Gasteiger partial charge in [-0.15, -0.1) is 5.48 Å². The third-order valence-corrected chi connectivity index (χ3v) is 5.36. The quantitative estimate of drug-likeness (QED) is 0.279. The van der Waals surface area contributed by atoms with Gasteiger partial charge in [0.25, 0.3) is 5.82 Å². The molecule has 0 saturated carbocycles. The van der Waals surface area contributed by atoms with Gasteiger partial charge in [-0.2, -0.15) is 14.0 Å². The summed E-state index contributed by atoms with van der Waals surface area (Å²) in [6.45, 7) is -0.762. The second kappa shape index (κ2) is 9.88. The SMILES string of the molecule is N#Cc1ccc(NCC(F)(F)c2ccccn2)[n+]([O-])c1CC(=O)NCc1ccc2c(c1)ONC2N. The van der Waals surface area contributed by atoms with Crippen LogP contribution in [0.15, 0.2) is 54.7 Å². The summed E-state index contributed by atoms with van der Waals surface area (Å²) in [6.07, 6.45) is 0.388. The number of nitrogens with one attached hydrogen (secondary N) is 3. The Morgan fingerprint density at radius 3 is 2.89 bits per heavy atom. The standard InChI is InChI=1S/C23H21F2N7O3/c24-23(25,19-3-1-2-8-28-19)13-30-20-7-5-15(11-26)17(32(20)34)10-21(33)29-12-14-4-6-16-18(9-14)35-31-22(16)27/h1-9,22,30-31H,10,12-13,27H2,(H,29,33). The van der Waals surface area contributed by atoms with Crippen molar-refractivity contribution in [1.82, 2.24) is 15.8 Å². The zero-order chi connectivity index (χ0) is 25.0. The number of alkyl halides is 2. The third kappa shape index (κ3) is 5.26. The average molecular weight is 481 g/mol. The first kappa shape index (κ1) is 23.8. The largest absolute Gasteiger partial charge is 0.710 e. The lowest BCUT2D eigenvalue weighted by Crippen LogP contribution is -2.41. The zero-order valence-electron chi connectivity index (χ0n) is 18.3. The van der Waals surface area contributed by atoms with Gasteiger partial charge in [-0.25, -0.2) is 4.73 Å². The molecule has 0 aliphatic carbocycles. The number of pyridine rings is 2. The van der Waals surface area contributed by atoms with E-state index in [-0.39, 0.29) is 28.4 Å². The van der Waals surface area contributed by atoms with Crippen molar-refractivity contribution >= 4 is 11.7 Å². The molecule has 5 N–H and O–H groups in total. The van der Waals surface area contributed by atoms with Gasteiger partial charge in [-0.05, 0) is 29.8 Å². The smallest absolute Gasteiger partial charge is 0.325 e. The second-order valence-electron chi connectivity index (χ2n) is 7.78. The highest BCUT2D eigenvalue weighted by molar-refractivity contribution is 5.78. The van der Waals surface area contributed by atoms with Crippen molar-refractivity contribution in [3.63, 3.8) is 0 Å². The van der Waals surface area contributed by atoms with E-state index in [1.165, 1.54) is 36.5 Å². The predicted molar refractivity (Wildman–Crippen MR) is 119 cm³/mol. The zero-order valence-corrected chi connectivity index (χ0v) is 18.3. The van der Waals surface area contributed by atoms with E-state index in [2.05, 4.69) is 21.1 Å². The van der Waals surface area contributed by atoms with Crippen LogP contribution in [-0.2, 0) is 23.7 Å². The van der Waals surface area contributed by atoms with Crippen molar-refractivity contribution in [2.24, 2.45) is 5.73 Å². The first-order chi connectivity index (χ1) is 16.8. The maximum Gasteiger partial charge on any atom is 0.325 e. The lowest BCUT2D eigenvalue weighted by molar-refractivity contribution is -0.598. The number of nitrogens with two attached hydrogens (primary N) is 1. The normalized spacial score (nSPS) is 14.5. The summed E-state index contributed by atoms with van der Waals surface area (Å²) in [5.74, 6) is -3.55. The molecule has 0 spiro atoms. The van der Waals surface area contributed by atoms with E-state index >= 15 is 0 Å². The van der Waals surface area contributed by atoms with Gasteiger partial charge < -0.3 is 21.1 Å². The molecule has 3 heterocycles. The van der Waals surface area contributed by atoms with Gasteiger partial charge in [0, 0.05) is 24.4 Å². The Hall–Kier alpha value is -4.34. The third-order valence-electron chi connectivity index (χ3n) is 5.36. The summed E-state index contributed by atoms with van der Waals surface area (Å²) in [6, 6.07) is 13.8. The topological polar surface area (TPSA) is 152 Å². The van der Waals surface area contributed by atoms with E-state index in [0.29, 0.717) is 5.75 Å². The Morgan fingerprint density at radius 1 is 1.31 bits per heavy atom. The molecule has 1 aliphatic rings. The van der Waals surface area contributed by atoms with Crippen LogP contribution in [0.3, 0.4) is 0 Å². The average Bonchev–Trinajstić information content (AvgIpc) is 3.23. The number of rotatable bonds is 8. The molecule has 4 rings (SSSR count). The van der Waals surface area contributed by atoms with Crippen LogP contribution >= 0.6 is 0 Å². The molecule has 180 valence electrons. The van der Waals surface area contributed by atoms with Crippen molar-refractivity contribution in [3.8, 4) is 11.8 Å². The first-order valence-corrected chi connectivity index (χ1v) is 10.5. The number of nitriles is 1. The van der Waals surface area contributed by atoms with Gasteiger partial charge >= 0.3 is 5.92 Å². The number of fused-ring (bicyclic) bond motifs is 1. The number of hydrogen-bond acceptors (Lipinski definition) is 8. The van der Waals surface area contributed by atoms with Crippen molar-refractivity contribution in [3.05, 3.63) is 88.0 Å². The molecule has 0 bridgehead atoms. The minimum Gasteiger partial charge on any atom is -0.710 e. The van der Waals surface area contributed by atoms with Crippen molar-refractivity contribution in [1.29, 1.82) is 5.26 Å². The van der Waals surface area contributed by atoms with Gasteiger partial charge in [0.15, 0.2) is 12.3 Å². The minimum absolute atomic E-state index is 0.0387. The van der Waals surface area contributed by atoms with Crippen LogP contribution in [0.5, 0.6) is 5.75 Å². The number of hydroxylamine groups is 1. The van der Waals surface area contributed by atoms with E-state index in [0.717, 1.165) is 11.1 Å². The molecule has 1 aromatic carbocycles. The van der Waals surface area contributed by atoms with Crippen molar-refractivity contribution in [2.45, 2.75) is 25.1 Å². The van der Waals surface area contributed by atoms with Crippen LogP contribution < -0.4 is 31.4 Å². The molecule has 3 aromatic rings. The Labute approximate surface area is 198 Å². The monoisotopic (exact) mass is 481 g/mol. The van der Waals surface area contributed by atoms with Crippen LogP contribution in [0.4, 0.5) is 14.6 Å². The predicted octanol–water partition coefficient (Wildman–Crippen LogP) is 1.50. The molecule has 1 amide bonds. The van der Waals surface area contributed by atoms with Crippen LogP contribution in [0, 0.1) is 16.5 Å². The summed E-state index contributed by atoms with van der Waals surface area (Å²) >= 11 is 0. The molecule has 0 radical (unpaired) electrons. The molecule has 1 unspecified atom stereocenters. The molecule has 1 aliphatic heterocycles. The second-order valence-corrected chi connectivity index (χ2v) is 7.78. The summed E-state index contributed by atoms with van der Waals surface area (Å²) < 4.78 is 29.1. The highest BCUT2D eigenvalue weighted by atomic mass is 19.3. The lowest BCUT2D eigenvalue weighted by Gasteiger charge is -2.18. The number of carbonyl (C=O) groups excluding carboxylic acids is 1. The van der Waals surface area contributed by atoms with E-state index < -0.39 is 36.7 Å². The molecule has 1 atom stereocenters. The van der Waals surface area contributed by atoms with Gasteiger partial charge in [0.05, 0.1) is 12.0 Å². The Kier molecular flexibility index (Phi) is 6.72. The maximum atomic E-state index is 14.4. The van der Waals surface area contributed by atoms with Gasteiger partial charge in [0.1, 0.15) is 23.6 Å². The summed E-state index contributed by atoms with van der Waals surface area (Å²) in [5.41, 5.74) is 9.31. The number of halogens is 2. The number of carbonyl (C=O) groups is 1. The molecule has 12 heteroatoms. The van der Waals surface area contributed by atoms with Crippen molar-refractivity contribution < 1.29 is 23.1 Å².